The molecule has 4 heteroatoms. The molecule has 0 bridgehead atoms. The zero-order chi connectivity index (χ0) is 23.7. The SMILES string of the molecule is OC1(c2ccccc2Cl)C=C(c2ccccc2Br)C(c2ccccc2)C(c2ccccc2Br)C1. The van der Waals surface area contributed by atoms with Gasteiger partial charge in [-0.05, 0) is 58.9 Å². The van der Waals surface area contributed by atoms with E-state index in [0.29, 0.717) is 11.4 Å². The zero-order valence-electron chi connectivity index (χ0n) is 18.3. The van der Waals surface area contributed by atoms with Gasteiger partial charge in [-0.2, -0.15) is 0 Å². The number of hydrogen-bond donors (Lipinski definition) is 1. The van der Waals surface area contributed by atoms with Gasteiger partial charge in [-0.15, -0.1) is 0 Å². The molecule has 0 amide bonds. The highest BCUT2D eigenvalue weighted by Crippen LogP contribution is 2.56. The van der Waals surface area contributed by atoms with Gasteiger partial charge in [-0.25, -0.2) is 0 Å². The van der Waals surface area contributed by atoms with Crippen LogP contribution in [0.4, 0.5) is 0 Å². The van der Waals surface area contributed by atoms with Gasteiger partial charge in [0.05, 0.1) is 0 Å². The molecule has 0 aromatic heterocycles. The van der Waals surface area contributed by atoms with Crippen LogP contribution in [0, 0.1) is 0 Å². The molecular weight excluding hydrogens is 572 g/mol. The topological polar surface area (TPSA) is 20.2 Å². The Kier molecular flexibility index (Phi) is 6.81. The molecule has 1 aliphatic carbocycles. The van der Waals surface area contributed by atoms with Crippen molar-refractivity contribution >= 4 is 49.0 Å². The van der Waals surface area contributed by atoms with Gasteiger partial charge in [-0.1, -0.05) is 128 Å². The molecule has 4 aromatic rings. The van der Waals surface area contributed by atoms with Crippen LogP contribution >= 0.6 is 43.5 Å². The van der Waals surface area contributed by atoms with E-state index in [1.54, 1.807) is 0 Å². The third-order valence-corrected chi connectivity index (χ3v) is 8.39. The van der Waals surface area contributed by atoms with E-state index in [-0.39, 0.29) is 11.8 Å². The van der Waals surface area contributed by atoms with Gasteiger partial charge >= 0.3 is 0 Å². The van der Waals surface area contributed by atoms with Crippen molar-refractivity contribution < 1.29 is 5.11 Å². The Bertz CT molecular complexity index is 1350. The first-order chi connectivity index (χ1) is 16.5. The van der Waals surface area contributed by atoms with Crippen LogP contribution in [-0.4, -0.2) is 5.11 Å². The molecule has 1 nitrogen and oxygen atoms in total. The highest BCUT2D eigenvalue weighted by Gasteiger charge is 2.44. The predicted molar refractivity (Wildman–Crippen MR) is 148 cm³/mol. The van der Waals surface area contributed by atoms with Gasteiger partial charge in [0.15, 0.2) is 0 Å². The molecule has 0 saturated heterocycles. The highest BCUT2D eigenvalue weighted by molar-refractivity contribution is 9.10. The lowest BCUT2D eigenvalue weighted by atomic mass is 9.64. The van der Waals surface area contributed by atoms with Crippen molar-refractivity contribution in [1.29, 1.82) is 0 Å². The van der Waals surface area contributed by atoms with Crippen molar-refractivity contribution in [3.05, 3.63) is 145 Å². The van der Waals surface area contributed by atoms with Crippen LogP contribution in [0.1, 0.15) is 40.5 Å². The van der Waals surface area contributed by atoms with Crippen LogP contribution in [0.3, 0.4) is 0 Å². The van der Waals surface area contributed by atoms with Crippen LogP contribution < -0.4 is 0 Å². The first-order valence-corrected chi connectivity index (χ1v) is 13.2. The van der Waals surface area contributed by atoms with Crippen LogP contribution in [0.5, 0.6) is 0 Å². The second-order valence-electron chi connectivity index (χ2n) is 8.70. The third-order valence-electron chi connectivity index (χ3n) is 6.65. The summed E-state index contributed by atoms with van der Waals surface area (Å²) in [7, 11) is 0. The monoisotopic (exact) mass is 592 g/mol. The van der Waals surface area contributed by atoms with Crippen molar-refractivity contribution in [3.8, 4) is 0 Å². The second kappa shape index (κ2) is 9.83. The lowest BCUT2D eigenvalue weighted by molar-refractivity contribution is 0.0644. The van der Waals surface area contributed by atoms with E-state index < -0.39 is 5.60 Å². The van der Waals surface area contributed by atoms with Crippen LogP contribution in [-0.2, 0) is 5.60 Å². The Morgan fingerprint density at radius 1 is 0.735 bits per heavy atom. The summed E-state index contributed by atoms with van der Waals surface area (Å²) in [5.41, 5.74) is 4.02. The summed E-state index contributed by atoms with van der Waals surface area (Å²) < 4.78 is 2.03. The van der Waals surface area contributed by atoms with Crippen LogP contribution in [0.15, 0.2) is 118 Å². The number of hydrogen-bond acceptors (Lipinski definition) is 1. The summed E-state index contributed by atoms with van der Waals surface area (Å²) in [6.45, 7) is 0. The van der Waals surface area contributed by atoms with Crippen molar-refractivity contribution in [2.75, 3.05) is 0 Å². The first-order valence-electron chi connectivity index (χ1n) is 11.2. The Labute approximate surface area is 222 Å². The van der Waals surface area contributed by atoms with E-state index in [0.717, 1.165) is 25.6 Å². The molecule has 0 fully saturated rings. The summed E-state index contributed by atoms with van der Waals surface area (Å²) in [5, 5.41) is 12.8. The molecule has 0 spiro atoms. The minimum absolute atomic E-state index is 0.00588. The Morgan fingerprint density at radius 2 is 1.35 bits per heavy atom. The van der Waals surface area contributed by atoms with Gasteiger partial charge in [0.1, 0.15) is 5.60 Å². The van der Waals surface area contributed by atoms with Crippen molar-refractivity contribution in [2.45, 2.75) is 23.9 Å². The lowest BCUT2D eigenvalue weighted by Crippen LogP contribution is -2.34. The summed E-state index contributed by atoms with van der Waals surface area (Å²) in [6, 6.07) is 34.7. The standard InChI is InChI=1S/C30H23Br2ClO/c31-26-15-7-4-12-21(26)23-18-30(34,25-14-6-9-17-28(25)33)19-24(22-13-5-8-16-27(22)32)29(23)20-10-2-1-3-11-20/h1-18,24,29,34H,19H2. The first kappa shape index (κ1) is 23.6. The predicted octanol–water partition coefficient (Wildman–Crippen LogP) is 9.11. The van der Waals surface area contributed by atoms with Gasteiger partial charge in [0, 0.05) is 25.4 Å². The molecule has 4 aromatic carbocycles. The van der Waals surface area contributed by atoms with Gasteiger partial charge < -0.3 is 5.11 Å². The molecule has 34 heavy (non-hydrogen) atoms. The smallest absolute Gasteiger partial charge is 0.110 e. The highest BCUT2D eigenvalue weighted by atomic mass is 79.9. The quantitative estimate of drug-likeness (QED) is 0.250. The Morgan fingerprint density at radius 3 is 2.06 bits per heavy atom. The largest absolute Gasteiger partial charge is 0.381 e. The lowest BCUT2D eigenvalue weighted by Gasteiger charge is -2.42. The molecular formula is C30H23Br2ClO. The Hall–Kier alpha value is -2.17. The number of aliphatic hydroxyl groups is 1. The van der Waals surface area contributed by atoms with Crippen molar-refractivity contribution in [2.24, 2.45) is 0 Å². The summed E-state index contributed by atoms with van der Waals surface area (Å²) in [4.78, 5) is 0. The number of benzene rings is 4. The molecule has 1 aliphatic rings. The molecule has 0 radical (unpaired) electrons. The normalized spacial score (nSPS) is 22.3. The minimum Gasteiger partial charge on any atom is -0.381 e. The van der Waals surface area contributed by atoms with E-state index in [1.165, 1.54) is 11.1 Å². The van der Waals surface area contributed by atoms with Crippen molar-refractivity contribution in [3.63, 3.8) is 0 Å². The molecule has 0 aliphatic heterocycles. The summed E-state index contributed by atoms with van der Waals surface area (Å²) >= 11 is 14.2. The van der Waals surface area contributed by atoms with Crippen LogP contribution in [0.2, 0.25) is 5.02 Å². The number of allylic oxidation sites excluding steroid dienone is 1. The van der Waals surface area contributed by atoms with Gasteiger partial charge in [0.25, 0.3) is 0 Å². The van der Waals surface area contributed by atoms with E-state index in [9.17, 15) is 5.11 Å². The fraction of sp³-hybridized carbons (Fsp3) is 0.133. The average Bonchev–Trinajstić information content (AvgIpc) is 2.85. The third kappa shape index (κ3) is 4.43. The molecule has 170 valence electrons. The fourth-order valence-corrected chi connectivity index (χ4v) is 6.55. The molecule has 3 unspecified atom stereocenters. The second-order valence-corrected chi connectivity index (χ2v) is 10.8. The Balaban J connectivity index is 1.82. The number of halogens is 3. The fourth-order valence-electron chi connectivity index (χ4n) is 5.15. The summed E-state index contributed by atoms with van der Waals surface area (Å²) in [5.74, 6) is 0.0488. The maximum atomic E-state index is 12.2. The van der Waals surface area contributed by atoms with E-state index >= 15 is 0 Å². The molecule has 3 atom stereocenters. The van der Waals surface area contributed by atoms with E-state index in [4.69, 9.17) is 11.6 Å². The molecule has 0 saturated carbocycles. The average molecular weight is 595 g/mol. The maximum absolute atomic E-state index is 12.2. The summed E-state index contributed by atoms with van der Waals surface area (Å²) in [6.07, 6.45) is 2.53. The number of rotatable bonds is 4. The van der Waals surface area contributed by atoms with E-state index in [1.807, 2.05) is 54.6 Å². The maximum Gasteiger partial charge on any atom is 0.110 e. The van der Waals surface area contributed by atoms with Crippen molar-refractivity contribution in [1.82, 2.24) is 0 Å². The van der Waals surface area contributed by atoms with E-state index in [2.05, 4.69) is 86.5 Å². The molecule has 1 N–H and O–H groups in total. The minimum atomic E-state index is -1.23. The van der Waals surface area contributed by atoms with Gasteiger partial charge in [0.2, 0.25) is 0 Å². The molecule has 0 heterocycles. The molecule has 5 rings (SSSR count). The van der Waals surface area contributed by atoms with Gasteiger partial charge in [-0.3, -0.25) is 0 Å². The van der Waals surface area contributed by atoms with Crippen LogP contribution in [0.25, 0.3) is 5.57 Å². The zero-order valence-corrected chi connectivity index (χ0v) is 22.3.